The number of amides is 1. The lowest BCUT2D eigenvalue weighted by Crippen LogP contribution is -2.20. The van der Waals surface area contributed by atoms with Crippen molar-refractivity contribution in [1.82, 2.24) is 9.88 Å². The second-order valence-electron chi connectivity index (χ2n) is 9.77. The van der Waals surface area contributed by atoms with Crippen LogP contribution in [0.15, 0.2) is 29.2 Å². The first-order valence-corrected chi connectivity index (χ1v) is 12.6. The number of hydrogen-bond acceptors (Lipinski definition) is 3. The predicted octanol–water partition coefficient (Wildman–Crippen LogP) is 4.35. The minimum Gasteiger partial charge on any atom is -0.355 e. The number of primary sulfonamides is 1. The number of aromatic nitrogens is 1. The average Bonchev–Trinajstić information content (AvgIpc) is 3.04. The Balaban J connectivity index is 2.21. The smallest absolute Gasteiger partial charge is 0.251 e. The highest BCUT2D eigenvalue weighted by Gasteiger charge is 2.25. The average molecular weight is 446 g/mol. The van der Waals surface area contributed by atoms with Gasteiger partial charge in [-0.1, -0.05) is 40.0 Å². The Morgan fingerprint density at radius 1 is 1.13 bits per heavy atom. The molecule has 1 saturated carbocycles. The summed E-state index contributed by atoms with van der Waals surface area (Å²) < 4.78 is 26.7. The second kappa shape index (κ2) is 8.79. The van der Waals surface area contributed by atoms with Crippen molar-refractivity contribution in [2.75, 3.05) is 7.05 Å². The summed E-state index contributed by atoms with van der Waals surface area (Å²) >= 11 is 0. The molecule has 1 amide bonds. The van der Waals surface area contributed by atoms with Crippen LogP contribution in [0, 0.1) is 12.8 Å². The fourth-order valence-corrected chi connectivity index (χ4v) is 5.29. The zero-order chi connectivity index (χ0) is 23.0. The van der Waals surface area contributed by atoms with E-state index in [9.17, 15) is 13.2 Å². The standard InChI is InChI=1S/C24H35N3O3S/c1-16-22(31(25,29)30)14-21(27(16)15-17-9-7-6-8-10-17)18-11-19(23(28)26-5)13-20(12-18)24(2,3)4/h11-14,17H,6-10,15H2,1-5H3,(H,26,28)(H2,25,29,30). The van der Waals surface area contributed by atoms with Crippen LogP contribution in [0.2, 0.25) is 0 Å². The Kier molecular flexibility index (Phi) is 6.67. The van der Waals surface area contributed by atoms with E-state index in [0.29, 0.717) is 17.2 Å². The van der Waals surface area contributed by atoms with Gasteiger partial charge in [-0.3, -0.25) is 4.79 Å². The van der Waals surface area contributed by atoms with Gasteiger partial charge in [0.05, 0.1) is 0 Å². The predicted molar refractivity (Wildman–Crippen MR) is 125 cm³/mol. The Bertz CT molecular complexity index is 1070. The van der Waals surface area contributed by atoms with E-state index in [1.165, 1.54) is 19.3 Å². The Labute approximate surface area is 186 Å². The molecule has 1 aliphatic rings. The van der Waals surface area contributed by atoms with Gasteiger partial charge in [-0.05, 0) is 66.5 Å². The molecule has 0 saturated heterocycles. The zero-order valence-electron chi connectivity index (χ0n) is 19.3. The summed E-state index contributed by atoms with van der Waals surface area (Å²) in [5.74, 6) is 0.345. The molecule has 0 aliphatic heterocycles. The molecule has 2 aromatic rings. The quantitative estimate of drug-likeness (QED) is 0.716. The highest BCUT2D eigenvalue weighted by Crippen LogP contribution is 2.35. The van der Waals surface area contributed by atoms with Crippen LogP contribution in [0.1, 0.15) is 74.5 Å². The van der Waals surface area contributed by atoms with Crippen LogP contribution >= 0.6 is 0 Å². The summed E-state index contributed by atoms with van der Waals surface area (Å²) in [5.41, 5.74) is 3.69. The number of nitrogens with zero attached hydrogens (tertiary/aromatic N) is 1. The summed E-state index contributed by atoms with van der Waals surface area (Å²) in [7, 11) is -2.24. The molecular formula is C24H35N3O3S. The molecule has 0 radical (unpaired) electrons. The summed E-state index contributed by atoms with van der Waals surface area (Å²) in [5, 5.41) is 8.24. The van der Waals surface area contributed by atoms with Gasteiger partial charge in [-0.25, -0.2) is 13.6 Å². The van der Waals surface area contributed by atoms with Crippen LogP contribution in [0.25, 0.3) is 11.3 Å². The molecule has 0 spiro atoms. The van der Waals surface area contributed by atoms with E-state index >= 15 is 0 Å². The van der Waals surface area contributed by atoms with Gasteiger partial charge >= 0.3 is 0 Å². The van der Waals surface area contributed by atoms with Crippen molar-refractivity contribution in [2.45, 2.75) is 76.7 Å². The van der Waals surface area contributed by atoms with Crippen LogP contribution < -0.4 is 10.5 Å². The summed E-state index contributed by atoms with van der Waals surface area (Å²) in [6, 6.07) is 7.48. The van der Waals surface area contributed by atoms with Crippen LogP contribution in [0.5, 0.6) is 0 Å². The minimum absolute atomic E-state index is 0.154. The van der Waals surface area contributed by atoms with Crippen LogP contribution in [-0.4, -0.2) is 25.9 Å². The SMILES string of the molecule is CNC(=O)c1cc(-c2cc(S(N)(=O)=O)c(C)n2CC2CCCCC2)cc(C(C)(C)C)c1. The topological polar surface area (TPSA) is 94.2 Å². The maximum Gasteiger partial charge on any atom is 0.251 e. The zero-order valence-corrected chi connectivity index (χ0v) is 20.1. The van der Waals surface area contributed by atoms with E-state index in [2.05, 4.69) is 36.7 Å². The van der Waals surface area contributed by atoms with Crippen LogP contribution in [-0.2, 0) is 22.0 Å². The maximum atomic E-state index is 12.5. The van der Waals surface area contributed by atoms with Gasteiger partial charge in [-0.15, -0.1) is 0 Å². The van der Waals surface area contributed by atoms with Gasteiger partial charge in [0.2, 0.25) is 10.0 Å². The molecule has 0 atom stereocenters. The van der Waals surface area contributed by atoms with E-state index < -0.39 is 10.0 Å². The third kappa shape index (κ3) is 5.21. The number of nitrogens with two attached hydrogens (primary N) is 1. The normalized spacial score (nSPS) is 15.8. The summed E-state index contributed by atoms with van der Waals surface area (Å²) in [6.45, 7) is 8.87. The molecule has 6 nitrogen and oxygen atoms in total. The van der Waals surface area contributed by atoms with Crippen molar-refractivity contribution in [3.05, 3.63) is 41.1 Å². The van der Waals surface area contributed by atoms with Gasteiger partial charge in [0.15, 0.2) is 0 Å². The molecule has 1 aliphatic carbocycles. The second-order valence-corrected chi connectivity index (χ2v) is 11.3. The molecule has 1 aromatic heterocycles. The number of benzene rings is 1. The third-order valence-electron chi connectivity index (χ3n) is 6.38. The Hall–Kier alpha value is -2.12. The first kappa shape index (κ1) is 23.5. The Morgan fingerprint density at radius 3 is 2.32 bits per heavy atom. The molecule has 0 unspecified atom stereocenters. The number of carbonyl (C=O) groups excluding carboxylic acids is 1. The maximum absolute atomic E-state index is 12.5. The van der Waals surface area contributed by atoms with E-state index in [4.69, 9.17) is 5.14 Å². The Morgan fingerprint density at radius 2 is 1.77 bits per heavy atom. The molecule has 7 heteroatoms. The van der Waals surface area contributed by atoms with Crippen molar-refractivity contribution in [3.8, 4) is 11.3 Å². The molecule has 170 valence electrons. The third-order valence-corrected chi connectivity index (χ3v) is 7.40. The number of hydrogen-bond donors (Lipinski definition) is 2. The van der Waals surface area contributed by atoms with Crippen molar-refractivity contribution >= 4 is 15.9 Å². The summed E-state index contributed by atoms with van der Waals surface area (Å²) in [4.78, 5) is 12.6. The lowest BCUT2D eigenvalue weighted by atomic mass is 9.84. The first-order chi connectivity index (χ1) is 14.4. The first-order valence-electron chi connectivity index (χ1n) is 11.0. The van der Waals surface area contributed by atoms with Gasteiger partial charge < -0.3 is 9.88 Å². The van der Waals surface area contributed by atoms with E-state index in [-0.39, 0.29) is 16.2 Å². The lowest BCUT2D eigenvalue weighted by molar-refractivity contribution is 0.0963. The molecule has 3 N–H and O–H groups in total. The van der Waals surface area contributed by atoms with Crippen molar-refractivity contribution < 1.29 is 13.2 Å². The fourth-order valence-electron chi connectivity index (χ4n) is 4.49. The number of rotatable bonds is 5. The van der Waals surface area contributed by atoms with Crippen LogP contribution in [0.3, 0.4) is 0 Å². The lowest BCUT2D eigenvalue weighted by Gasteiger charge is -2.25. The van der Waals surface area contributed by atoms with E-state index in [0.717, 1.165) is 36.2 Å². The number of carbonyl (C=O) groups is 1. The molecule has 1 aromatic carbocycles. The van der Waals surface area contributed by atoms with E-state index in [1.54, 1.807) is 13.1 Å². The molecular weight excluding hydrogens is 410 g/mol. The van der Waals surface area contributed by atoms with Crippen LogP contribution in [0.4, 0.5) is 0 Å². The molecule has 31 heavy (non-hydrogen) atoms. The summed E-state index contributed by atoms with van der Waals surface area (Å²) in [6.07, 6.45) is 5.98. The van der Waals surface area contributed by atoms with Gasteiger partial charge in [0, 0.05) is 30.5 Å². The molecule has 1 fully saturated rings. The van der Waals surface area contributed by atoms with Crippen molar-refractivity contribution in [3.63, 3.8) is 0 Å². The van der Waals surface area contributed by atoms with Gasteiger partial charge in [-0.2, -0.15) is 0 Å². The molecule has 1 heterocycles. The minimum atomic E-state index is -3.85. The fraction of sp³-hybridized carbons (Fsp3) is 0.542. The number of sulfonamides is 1. The molecule has 3 rings (SSSR count). The highest BCUT2D eigenvalue weighted by atomic mass is 32.2. The number of nitrogens with one attached hydrogen (secondary N) is 1. The monoisotopic (exact) mass is 445 g/mol. The largest absolute Gasteiger partial charge is 0.355 e. The molecule has 0 bridgehead atoms. The van der Waals surface area contributed by atoms with Gasteiger partial charge in [0.25, 0.3) is 5.91 Å². The van der Waals surface area contributed by atoms with Crippen molar-refractivity contribution in [2.24, 2.45) is 11.1 Å². The van der Waals surface area contributed by atoms with E-state index in [1.807, 2.05) is 19.1 Å². The van der Waals surface area contributed by atoms with Gasteiger partial charge in [0.1, 0.15) is 4.90 Å². The highest BCUT2D eigenvalue weighted by molar-refractivity contribution is 7.89. The van der Waals surface area contributed by atoms with Crippen molar-refractivity contribution in [1.29, 1.82) is 0 Å².